The number of ether oxygens (including phenoxy) is 3. The minimum atomic E-state index is -0.796. The van der Waals surface area contributed by atoms with Gasteiger partial charge in [-0.2, -0.15) is 9.78 Å². The number of nitrogens with zero attached hydrogens (tertiary/aromatic N) is 3. The van der Waals surface area contributed by atoms with Gasteiger partial charge in [0.05, 0.1) is 31.0 Å². The molecule has 2 heterocycles. The number of H-pyrrole nitrogens is 1. The van der Waals surface area contributed by atoms with E-state index >= 15 is 0 Å². The van der Waals surface area contributed by atoms with Crippen molar-refractivity contribution in [3.05, 3.63) is 95.0 Å². The first-order chi connectivity index (χ1) is 19.1. The molecule has 0 aliphatic rings. The van der Waals surface area contributed by atoms with Crippen LogP contribution in [0.1, 0.15) is 29.3 Å². The Bertz CT molecular complexity index is 1590. The average molecular weight is 606 g/mol. The zero-order chi connectivity index (χ0) is 28.9. The molecule has 0 saturated carbocycles. The van der Waals surface area contributed by atoms with Gasteiger partial charge in [-0.1, -0.05) is 53.5 Å². The second-order valence-corrected chi connectivity index (χ2v) is 11.0. The van der Waals surface area contributed by atoms with Gasteiger partial charge < -0.3 is 14.2 Å². The number of hydrogen-bond donors (Lipinski definition) is 1. The van der Waals surface area contributed by atoms with E-state index in [9.17, 15) is 14.4 Å². The fraction of sp³-hybridized carbons (Fsp3) is 0.296. The molecule has 10 nitrogen and oxygen atoms in total. The highest BCUT2D eigenvalue weighted by molar-refractivity contribution is 7.12. The molecular formula is C27H26Cl2N4O6S. The molecule has 13 heteroatoms. The van der Waals surface area contributed by atoms with Crippen molar-refractivity contribution in [3.63, 3.8) is 0 Å². The Morgan fingerprint density at radius 2 is 1.80 bits per heavy atom. The molecule has 0 spiro atoms. The number of rotatable bonds is 11. The fourth-order valence-electron chi connectivity index (χ4n) is 3.97. The van der Waals surface area contributed by atoms with E-state index < -0.39 is 22.6 Å². The van der Waals surface area contributed by atoms with Crippen LogP contribution < -0.4 is 11.2 Å². The van der Waals surface area contributed by atoms with Crippen LogP contribution in [0.2, 0.25) is 10.0 Å². The van der Waals surface area contributed by atoms with Gasteiger partial charge in [0.25, 0.3) is 5.56 Å². The molecule has 210 valence electrons. The molecule has 0 unspecified atom stereocenters. The molecule has 0 atom stereocenters. The number of thiazole rings is 1. The van der Waals surface area contributed by atoms with Gasteiger partial charge in [-0.15, -0.1) is 11.3 Å². The van der Waals surface area contributed by atoms with Gasteiger partial charge in [0, 0.05) is 38.6 Å². The molecule has 0 saturated heterocycles. The van der Waals surface area contributed by atoms with Crippen LogP contribution in [0.3, 0.4) is 0 Å². The van der Waals surface area contributed by atoms with Crippen molar-refractivity contribution in [1.29, 1.82) is 0 Å². The third kappa shape index (κ3) is 6.68. The van der Waals surface area contributed by atoms with Crippen molar-refractivity contribution in [2.45, 2.75) is 25.7 Å². The molecule has 0 radical (unpaired) electrons. The predicted octanol–water partition coefficient (Wildman–Crippen LogP) is 4.38. The molecule has 4 rings (SSSR count). The minimum Gasteiger partial charge on any atom is -0.438 e. The number of methoxy groups -OCH3 is 1. The minimum absolute atomic E-state index is 0.00713. The maximum Gasteiger partial charge on any atom is 0.349 e. The first kappa shape index (κ1) is 29.6. The number of esters is 1. The second kappa shape index (κ2) is 12.9. The predicted molar refractivity (Wildman–Crippen MR) is 153 cm³/mol. The number of nitrogens with one attached hydrogen (secondary N) is 1. The van der Waals surface area contributed by atoms with Crippen molar-refractivity contribution in [1.82, 2.24) is 19.7 Å². The molecule has 40 heavy (non-hydrogen) atoms. The summed E-state index contributed by atoms with van der Waals surface area (Å²) in [5.74, 6) is -0.457. The summed E-state index contributed by atoms with van der Waals surface area (Å²) in [5.41, 5.74) is 0.222. The van der Waals surface area contributed by atoms with Crippen LogP contribution in [0.25, 0.3) is 16.9 Å². The second-order valence-electron chi connectivity index (χ2n) is 9.13. The molecule has 0 amide bonds. The Hall–Kier alpha value is -3.35. The lowest BCUT2D eigenvalue weighted by Crippen LogP contribution is -2.30. The van der Waals surface area contributed by atoms with Crippen molar-refractivity contribution in [2.75, 3.05) is 27.1 Å². The van der Waals surface area contributed by atoms with E-state index in [4.69, 9.17) is 42.4 Å². The summed E-state index contributed by atoms with van der Waals surface area (Å²) in [6.45, 7) is 4.37. The summed E-state index contributed by atoms with van der Waals surface area (Å²) in [7, 11) is 1.56. The van der Waals surface area contributed by atoms with E-state index in [1.165, 1.54) is 11.3 Å². The van der Waals surface area contributed by atoms with Gasteiger partial charge in [0.15, 0.2) is 6.79 Å². The standard InChI is InChI=1S/C27H26Cl2N4O6S/c1-27(2,23-18(28)11-17(12-19(23)29)33-26(36)31-21(34)14-30-33)25-32-24(16-7-5-4-6-8-16)20(40-25)13-22(35)39-15-38-10-9-37-3/h4-8,11-12,14H,9-10,13,15H2,1-3H3,(H,31,34,36). The quantitative estimate of drug-likeness (QED) is 0.152. The van der Waals surface area contributed by atoms with E-state index in [1.807, 2.05) is 44.2 Å². The lowest BCUT2D eigenvalue weighted by molar-refractivity contribution is -0.156. The number of aromatic amines is 1. The fourth-order valence-corrected chi connectivity index (χ4v) is 6.10. The van der Waals surface area contributed by atoms with Crippen molar-refractivity contribution in [2.24, 2.45) is 0 Å². The summed E-state index contributed by atoms with van der Waals surface area (Å²) in [4.78, 5) is 44.1. The van der Waals surface area contributed by atoms with E-state index in [-0.39, 0.29) is 28.9 Å². The van der Waals surface area contributed by atoms with Gasteiger partial charge in [-0.3, -0.25) is 14.6 Å². The molecule has 4 aromatic rings. The van der Waals surface area contributed by atoms with Crippen LogP contribution >= 0.6 is 34.5 Å². The summed E-state index contributed by atoms with van der Waals surface area (Å²) in [5, 5.41) is 5.09. The maximum absolute atomic E-state index is 12.6. The SMILES string of the molecule is COCCOCOC(=O)Cc1sc(C(C)(C)c2c(Cl)cc(-n3ncc(=O)[nH]c3=O)cc2Cl)nc1-c1ccccc1. The summed E-state index contributed by atoms with van der Waals surface area (Å²) in [6.07, 6.45) is 0.979. The zero-order valence-corrected chi connectivity index (χ0v) is 24.2. The Labute approximate surface area is 243 Å². The summed E-state index contributed by atoms with van der Waals surface area (Å²) < 4.78 is 16.4. The van der Waals surface area contributed by atoms with Gasteiger partial charge in [-0.05, 0) is 26.0 Å². The zero-order valence-electron chi connectivity index (χ0n) is 21.9. The number of aromatic nitrogens is 4. The van der Waals surface area contributed by atoms with Crippen LogP contribution in [0, 0.1) is 0 Å². The number of carbonyl (C=O) groups is 1. The first-order valence-electron chi connectivity index (χ1n) is 12.1. The molecule has 2 aromatic heterocycles. The Kier molecular flexibility index (Phi) is 9.54. The lowest BCUT2D eigenvalue weighted by atomic mass is 9.85. The average Bonchev–Trinajstić information content (AvgIpc) is 3.33. The van der Waals surface area contributed by atoms with E-state index in [0.29, 0.717) is 34.4 Å². The smallest absolute Gasteiger partial charge is 0.349 e. The maximum atomic E-state index is 12.6. The monoisotopic (exact) mass is 604 g/mol. The van der Waals surface area contributed by atoms with Crippen LogP contribution in [0.5, 0.6) is 0 Å². The molecular weight excluding hydrogens is 579 g/mol. The number of carbonyl (C=O) groups excluding carboxylic acids is 1. The molecule has 0 bridgehead atoms. The van der Waals surface area contributed by atoms with Gasteiger partial charge in [-0.25, -0.2) is 9.78 Å². The third-order valence-electron chi connectivity index (χ3n) is 5.93. The summed E-state index contributed by atoms with van der Waals surface area (Å²) in [6, 6.07) is 12.6. The number of halogens is 2. The summed E-state index contributed by atoms with van der Waals surface area (Å²) >= 11 is 14.8. The topological polar surface area (TPSA) is 125 Å². The van der Waals surface area contributed by atoms with Gasteiger partial charge in [0.2, 0.25) is 0 Å². The van der Waals surface area contributed by atoms with Crippen LogP contribution in [-0.4, -0.2) is 52.8 Å². The molecule has 0 fully saturated rings. The Morgan fingerprint density at radius 1 is 1.10 bits per heavy atom. The number of benzene rings is 2. The first-order valence-corrected chi connectivity index (χ1v) is 13.7. The van der Waals surface area contributed by atoms with Gasteiger partial charge >= 0.3 is 11.7 Å². The van der Waals surface area contributed by atoms with E-state index in [1.54, 1.807) is 19.2 Å². The normalized spacial score (nSPS) is 11.5. The van der Waals surface area contributed by atoms with Crippen LogP contribution in [-0.2, 0) is 30.8 Å². The highest BCUT2D eigenvalue weighted by Gasteiger charge is 2.33. The molecule has 0 aliphatic carbocycles. The molecule has 2 aromatic carbocycles. The van der Waals surface area contributed by atoms with Crippen molar-refractivity contribution in [3.8, 4) is 16.9 Å². The molecule has 0 aliphatic heterocycles. The Morgan fingerprint density at radius 3 is 2.45 bits per heavy atom. The van der Waals surface area contributed by atoms with Crippen molar-refractivity contribution >= 4 is 40.5 Å². The van der Waals surface area contributed by atoms with E-state index in [0.717, 1.165) is 16.4 Å². The van der Waals surface area contributed by atoms with Crippen molar-refractivity contribution < 1.29 is 19.0 Å². The largest absolute Gasteiger partial charge is 0.438 e. The highest BCUT2D eigenvalue weighted by Crippen LogP contribution is 2.44. The Balaban J connectivity index is 1.69. The van der Waals surface area contributed by atoms with Gasteiger partial charge in [0.1, 0.15) is 11.2 Å². The third-order valence-corrected chi connectivity index (χ3v) is 7.90. The van der Waals surface area contributed by atoms with Crippen LogP contribution in [0.15, 0.2) is 58.3 Å². The highest BCUT2D eigenvalue weighted by atomic mass is 35.5. The van der Waals surface area contributed by atoms with E-state index in [2.05, 4.69) is 10.1 Å². The lowest BCUT2D eigenvalue weighted by Gasteiger charge is -2.26. The molecule has 1 N–H and O–H groups in total. The van der Waals surface area contributed by atoms with Crippen LogP contribution in [0.4, 0.5) is 0 Å². The number of hydrogen-bond acceptors (Lipinski definition) is 9.